The van der Waals surface area contributed by atoms with E-state index in [4.69, 9.17) is 10.2 Å². The minimum Gasteiger partial charge on any atom is -0.508 e. The van der Waals surface area contributed by atoms with Crippen LogP contribution < -0.4 is 5.32 Å². The van der Waals surface area contributed by atoms with Gasteiger partial charge in [0.2, 0.25) is 5.91 Å². The molecule has 0 spiro atoms. The summed E-state index contributed by atoms with van der Waals surface area (Å²) in [5.41, 5.74) is 0.740. The van der Waals surface area contributed by atoms with Gasteiger partial charge in [0.1, 0.15) is 11.8 Å². The van der Waals surface area contributed by atoms with Gasteiger partial charge in [0, 0.05) is 6.42 Å². The summed E-state index contributed by atoms with van der Waals surface area (Å²) < 4.78 is 0. The summed E-state index contributed by atoms with van der Waals surface area (Å²) in [5.74, 6) is -1.01. The third-order valence-corrected chi connectivity index (χ3v) is 2.84. The van der Waals surface area contributed by atoms with Crippen molar-refractivity contribution in [3.8, 4) is 5.75 Å². The van der Waals surface area contributed by atoms with E-state index in [1.54, 1.807) is 18.4 Å². The number of carbonyl (C=O) groups excluding carboxylic acids is 1. The number of phenols is 1. The van der Waals surface area contributed by atoms with Crippen LogP contribution in [0.4, 0.5) is 0 Å². The van der Waals surface area contributed by atoms with Gasteiger partial charge < -0.3 is 15.5 Å². The van der Waals surface area contributed by atoms with Gasteiger partial charge in [0.25, 0.3) is 0 Å². The number of amides is 1. The van der Waals surface area contributed by atoms with Crippen LogP contribution in [0.25, 0.3) is 0 Å². The lowest BCUT2D eigenvalue weighted by molar-refractivity contribution is -0.141. The Hall–Kier alpha value is -1.69. The second-order valence-electron chi connectivity index (χ2n) is 3.76. The normalized spacial score (nSPS) is 11.8. The van der Waals surface area contributed by atoms with E-state index in [1.165, 1.54) is 23.9 Å². The third-order valence-electron chi connectivity index (χ3n) is 2.28. The van der Waals surface area contributed by atoms with E-state index in [2.05, 4.69) is 5.32 Å². The molecule has 0 aromatic heterocycles. The number of aliphatic carboxylic acids is 1. The fourth-order valence-corrected chi connectivity index (χ4v) is 1.78. The SMILES string of the molecule is CSCC(=O)NC(Cc1ccc(O)cc1)C(=O)O. The number of nitrogens with one attached hydrogen (secondary N) is 1. The number of hydrogen-bond donors (Lipinski definition) is 3. The summed E-state index contributed by atoms with van der Waals surface area (Å²) in [6.45, 7) is 0. The number of carboxylic acid groups (broad SMARTS) is 1. The molecule has 0 saturated heterocycles. The summed E-state index contributed by atoms with van der Waals surface area (Å²) >= 11 is 1.33. The molecule has 0 fully saturated rings. The lowest BCUT2D eigenvalue weighted by Crippen LogP contribution is -2.43. The molecule has 98 valence electrons. The molecule has 6 heteroatoms. The second-order valence-corrected chi connectivity index (χ2v) is 4.63. The van der Waals surface area contributed by atoms with Crippen molar-refractivity contribution in [2.24, 2.45) is 0 Å². The van der Waals surface area contributed by atoms with E-state index >= 15 is 0 Å². The lowest BCUT2D eigenvalue weighted by atomic mass is 10.1. The van der Waals surface area contributed by atoms with Crippen LogP contribution in [0.5, 0.6) is 5.75 Å². The van der Waals surface area contributed by atoms with Crippen LogP contribution in [0.1, 0.15) is 5.56 Å². The molecule has 0 aliphatic rings. The Morgan fingerprint density at radius 3 is 2.44 bits per heavy atom. The molecule has 0 bridgehead atoms. The number of carboxylic acids is 1. The van der Waals surface area contributed by atoms with Gasteiger partial charge in [-0.05, 0) is 24.0 Å². The van der Waals surface area contributed by atoms with Gasteiger partial charge in [-0.1, -0.05) is 12.1 Å². The predicted molar refractivity (Wildman–Crippen MR) is 69.8 cm³/mol. The largest absolute Gasteiger partial charge is 0.508 e. The van der Waals surface area contributed by atoms with Gasteiger partial charge in [-0.2, -0.15) is 11.8 Å². The zero-order valence-electron chi connectivity index (χ0n) is 9.92. The Balaban J connectivity index is 2.65. The number of benzene rings is 1. The van der Waals surface area contributed by atoms with Crippen LogP contribution in [-0.2, 0) is 16.0 Å². The number of aromatic hydroxyl groups is 1. The number of thioether (sulfide) groups is 1. The van der Waals surface area contributed by atoms with Gasteiger partial charge >= 0.3 is 5.97 Å². The van der Waals surface area contributed by atoms with Crippen LogP contribution in [0.2, 0.25) is 0 Å². The quantitative estimate of drug-likeness (QED) is 0.713. The van der Waals surface area contributed by atoms with Crippen molar-refractivity contribution in [2.75, 3.05) is 12.0 Å². The molecule has 1 rings (SSSR count). The highest BCUT2D eigenvalue weighted by Crippen LogP contribution is 2.11. The third kappa shape index (κ3) is 4.67. The maximum absolute atomic E-state index is 11.4. The Kier molecular flexibility index (Phi) is 5.51. The van der Waals surface area contributed by atoms with Crippen LogP contribution in [-0.4, -0.2) is 40.1 Å². The average Bonchev–Trinajstić information content (AvgIpc) is 2.31. The predicted octanol–water partition coefficient (Wildman–Crippen LogP) is 0.867. The molecule has 1 aromatic rings. The first-order valence-electron chi connectivity index (χ1n) is 5.32. The van der Waals surface area contributed by atoms with Gasteiger partial charge in [-0.3, -0.25) is 4.79 Å². The van der Waals surface area contributed by atoms with Gasteiger partial charge in [0.05, 0.1) is 5.75 Å². The standard InChI is InChI=1S/C12H15NO4S/c1-18-7-11(15)13-10(12(16)17)6-8-2-4-9(14)5-3-8/h2-5,10,14H,6-7H2,1H3,(H,13,15)(H,16,17). The zero-order chi connectivity index (χ0) is 13.5. The van der Waals surface area contributed by atoms with Crippen molar-refractivity contribution in [1.29, 1.82) is 0 Å². The van der Waals surface area contributed by atoms with Gasteiger partial charge in [0.15, 0.2) is 0 Å². The molecular formula is C12H15NO4S. The average molecular weight is 269 g/mol. The van der Waals surface area contributed by atoms with Crippen LogP contribution in [0.15, 0.2) is 24.3 Å². The maximum atomic E-state index is 11.4. The molecule has 1 amide bonds. The summed E-state index contributed by atoms with van der Waals surface area (Å²) in [4.78, 5) is 22.4. The van der Waals surface area contributed by atoms with E-state index in [9.17, 15) is 9.59 Å². The molecule has 0 heterocycles. The van der Waals surface area contributed by atoms with Crippen molar-refractivity contribution in [1.82, 2.24) is 5.32 Å². The van der Waals surface area contributed by atoms with Crippen molar-refractivity contribution in [3.63, 3.8) is 0 Å². The fourth-order valence-electron chi connectivity index (χ4n) is 1.43. The molecule has 0 aliphatic carbocycles. The highest BCUT2D eigenvalue weighted by Gasteiger charge is 2.19. The second kappa shape index (κ2) is 6.90. The van der Waals surface area contributed by atoms with E-state index in [0.29, 0.717) is 0 Å². The molecule has 3 N–H and O–H groups in total. The topological polar surface area (TPSA) is 86.6 Å². The molecule has 1 aromatic carbocycles. The Bertz CT molecular complexity index is 419. The number of phenolic OH excluding ortho intramolecular Hbond substituents is 1. The number of carbonyl (C=O) groups is 2. The van der Waals surface area contributed by atoms with E-state index in [0.717, 1.165) is 5.56 Å². The fraction of sp³-hybridized carbons (Fsp3) is 0.333. The minimum absolute atomic E-state index is 0.122. The van der Waals surface area contributed by atoms with Gasteiger partial charge in [-0.15, -0.1) is 0 Å². The summed E-state index contributed by atoms with van der Waals surface area (Å²) in [6.07, 6.45) is 1.96. The first-order valence-corrected chi connectivity index (χ1v) is 6.71. The smallest absolute Gasteiger partial charge is 0.326 e. The van der Waals surface area contributed by atoms with E-state index in [-0.39, 0.29) is 23.8 Å². The molecule has 1 atom stereocenters. The number of rotatable bonds is 6. The summed E-state index contributed by atoms with van der Waals surface area (Å²) in [7, 11) is 0. The summed E-state index contributed by atoms with van der Waals surface area (Å²) in [5, 5.41) is 20.6. The Morgan fingerprint density at radius 2 is 1.94 bits per heavy atom. The van der Waals surface area contributed by atoms with Crippen molar-refractivity contribution >= 4 is 23.6 Å². The molecular weight excluding hydrogens is 254 g/mol. The first kappa shape index (κ1) is 14.4. The summed E-state index contributed by atoms with van der Waals surface area (Å²) in [6, 6.07) is 5.28. The van der Waals surface area contributed by atoms with Crippen molar-refractivity contribution in [2.45, 2.75) is 12.5 Å². The Morgan fingerprint density at radius 1 is 1.33 bits per heavy atom. The van der Waals surface area contributed by atoms with Crippen molar-refractivity contribution < 1.29 is 19.8 Å². The monoisotopic (exact) mass is 269 g/mol. The molecule has 5 nitrogen and oxygen atoms in total. The van der Waals surface area contributed by atoms with E-state index < -0.39 is 12.0 Å². The van der Waals surface area contributed by atoms with Crippen LogP contribution in [0, 0.1) is 0 Å². The maximum Gasteiger partial charge on any atom is 0.326 e. The van der Waals surface area contributed by atoms with Crippen molar-refractivity contribution in [3.05, 3.63) is 29.8 Å². The Labute approximate surface area is 109 Å². The zero-order valence-corrected chi connectivity index (χ0v) is 10.7. The highest BCUT2D eigenvalue weighted by atomic mass is 32.2. The van der Waals surface area contributed by atoms with Crippen LogP contribution >= 0.6 is 11.8 Å². The molecule has 0 aliphatic heterocycles. The number of hydrogen-bond acceptors (Lipinski definition) is 4. The molecule has 18 heavy (non-hydrogen) atoms. The lowest BCUT2D eigenvalue weighted by Gasteiger charge is -2.14. The highest BCUT2D eigenvalue weighted by molar-refractivity contribution is 7.99. The van der Waals surface area contributed by atoms with E-state index in [1.807, 2.05) is 0 Å². The van der Waals surface area contributed by atoms with Gasteiger partial charge in [-0.25, -0.2) is 4.79 Å². The molecule has 1 unspecified atom stereocenters. The molecule has 0 radical (unpaired) electrons. The van der Waals surface area contributed by atoms with Crippen LogP contribution in [0.3, 0.4) is 0 Å². The molecule has 0 saturated carbocycles. The first-order chi connectivity index (χ1) is 8.52. The minimum atomic E-state index is -1.07.